The van der Waals surface area contributed by atoms with Crippen molar-refractivity contribution in [2.45, 2.75) is 37.8 Å². The van der Waals surface area contributed by atoms with Crippen LogP contribution in [-0.4, -0.2) is 43.7 Å². The summed E-state index contributed by atoms with van der Waals surface area (Å²) in [6.07, 6.45) is 2.73. The molecule has 0 amide bonds. The molecular formula is C11H22N4O2S2. The minimum absolute atomic E-state index is 0.0586. The molecule has 0 bridgehead atoms. The van der Waals surface area contributed by atoms with Crippen molar-refractivity contribution in [1.29, 1.82) is 0 Å². The third-order valence-corrected chi connectivity index (χ3v) is 5.22. The van der Waals surface area contributed by atoms with Gasteiger partial charge < -0.3 is 5.32 Å². The summed E-state index contributed by atoms with van der Waals surface area (Å²) < 4.78 is 27.6. The first-order valence-corrected chi connectivity index (χ1v) is 9.03. The van der Waals surface area contributed by atoms with E-state index in [9.17, 15) is 8.42 Å². The largest absolute Gasteiger partial charge is 0.314 e. The highest BCUT2D eigenvalue weighted by Gasteiger charge is 2.26. The van der Waals surface area contributed by atoms with E-state index in [1.54, 1.807) is 25.7 Å². The molecule has 1 atom stereocenters. The number of nitrogens with zero attached hydrogens (tertiary/aromatic N) is 1. The summed E-state index contributed by atoms with van der Waals surface area (Å²) in [5.74, 6) is 0.758. The van der Waals surface area contributed by atoms with E-state index in [4.69, 9.17) is 0 Å². The summed E-state index contributed by atoms with van der Waals surface area (Å²) >= 11 is 1.63. The minimum atomic E-state index is -3.53. The quantitative estimate of drug-likeness (QED) is 0.663. The molecule has 0 aliphatic rings. The molecule has 0 saturated heterocycles. The van der Waals surface area contributed by atoms with E-state index >= 15 is 0 Å². The lowest BCUT2D eigenvalue weighted by molar-refractivity contribution is 0.556. The van der Waals surface area contributed by atoms with Crippen molar-refractivity contribution < 1.29 is 8.42 Å². The topological polar surface area (TPSA) is 86.9 Å². The molecule has 3 N–H and O–H groups in total. The Morgan fingerprint density at radius 2 is 2.16 bits per heavy atom. The van der Waals surface area contributed by atoms with E-state index in [-0.39, 0.29) is 10.9 Å². The van der Waals surface area contributed by atoms with Crippen LogP contribution in [0.3, 0.4) is 0 Å². The van der Waals surface area contributed by atoms with Crippen LogP contribution >= 0.6 is 11.8 Å². The fourth-order valence-corrected chi connectivity index (χ4v) is 4.34. The van der Waals surface area contributed by atoms with Crippen LogP contribution in [0.2, 0.25) is 0 Å². The van der Waals surface area contributed by atoms with E-state index in [2.05, 4.69) is 20.2 Å². The van der Waals surface area contributed by atoms with Gasteiger partial charge in [-0.1, -0.05) is 6.92 Å². The highest BCUT2D eigenvalue weighted by atomic mass is 32.2. The zero-order valence-electron chi connectivity index (χ0n) is 11.8. The van der Waals surface area contributed by atoms with Crippen molar-refractivity contribution in [2.75, 3.05) is 19.1 Å². The van der Waals surface area contributed by atoms with Crippen LogP contribution < -0.4 is 10.0 Å². The second kappa shape index (κ2) is 7.28. The van der Waals surface area contributed by atoms with Crippen molar-refractivity contribution in [3.63, 3.8) is 0 Å². The third kappa shape index (κ3) is 4.20. The molecule has 19 heavy (non-hydrogen) atoms. The van der Waals surface area contributed by atoms with E-state index in [1.165, 1.54) is 0 Å². The highest BCUT2D eigenvalue weighted by molar-refractivity contribution is 7.98. The lowest BCUT2D eigenvalue weighted by atomic mass is 10.3. The average Bonchev–Trinajstić information content (AvgIpc) is 2.71. The monoisotopic (exact) mass is 306 g/mol. The van der Waals surface area contributed by atoms with Gasteiger partial charge in [0.25, 0.3) is 0 Å². The second-order valence-electron chi connectivity index (χ2n) is 4.34. The van der Waals surface area contributed by atoms with Crippen molar-refractivity contribution in [3.8, 4) is 0 Å². The Morgan fingerprint density at radius 1 is 1.47 bits per heavy atom. The van der Waals surface area contributed by atoms with Crippen LogP contribution in [-0.2, 0) is 16.6 Å². The molecular weight excluding hydrogens is 284 g/mol. The van der Waals surface area contributed by atoms with E-state index in [1.807, 2.05) is 13.2 Å². The number of nitrogens with one attached hydrogen (secondary N) is 3. The zero-order valence-corrected chi connectivity index (χ0v) is 13.4. The maximum absolute atomic E-state index is 12.4. The molecule has 1 unspecified atom stereocenters. The molecule has 0 spiro atoms. The van der Waals surface area contributed by atoms with Crippen LogP contribution in [0.1, 0.15) is 24.7 Å². The molecule has 0 aromatic carbocycles. The molecule has 0 aliphatic heterocycles. The fourth-order valence-electron chi connectivity index (χ4n) is 1.83. The summed E-state index contributed by atoms with van der Waals surface area (Å²) in [6.45, 7) is 4.11. The van der Waals surface area contributed by atoms with Crippen molar-refractivity contribution >= 4 is 21.8 Å². The first-order chi connectivity index (χ1) is 8.96. The van der Waals surface area contributed by atoms with Gasteiger partial charge in [0.1, 0.15) is 4.90 Å². The lowest BCUT2D eigenvalue weighted by Crippen LogP contribution is -2.36. The van der Waals surface area contributed by atoms with Gasteiger partial charge in [-0.05, 0) is 26.6 Å². The Labute approximate surface area is 119 Å². The summed E-state index contributed by atoms with van der Waals surface area (Å²) in [5.41, 5.74) is 1.09. The molecule has 1 heterocycles. The standard InChI is InChI=1S/C11H22N4O2S2/c1-5-9(7-18-4)15-19(16,17)11-8(2)13-14-10(11)6-12-3/h9,12,15H,5-7H2,1-4H3,(H,13,14). The van der Waals surface area contributed by atoms with Crippen molar-refractivity contribution in [2.24, 2.45) is 0 Å². The molecule has 0 fully saturated rings. The van der Waals surface area contributed by atoms with Gasteiger partial charge in [0.15, 0.2) is 0 Å². The van der Waals surface area contributed by atoms with Crippen LogP contribution in [0.25, 0.3) is 0 Å². The molecule has 8 heteroatoms. The maximum atomic E-state index is 12.4. The van der Waals surface area contributed by atoms with E-state index in [0.29, 0.717) is 17.9 Å². The maximum Gasteiger partial charge on any atom is 0.244 e. The van der Waals surface area contributed by atoms with E-state index in [0.717, 1.165) is 12.2 Å². The van der Waals surface area contributed by atoms with Gasteiger partial charge in [-0.2, -0.15) is 16.9 Å². The van der Waals surface area contributed by atoms with Gasteiger partial charge in [-0.3, -0.25) is 5.10 Å². The number of aromatic amines is 1. The summed E-state index contributed by atoms with van der Waals surface area (Å²) in [4.78, 5) is 0.265. The summed E-state index contributed by atoms with van der Waals surface area (Å²) in [7, 11) is -1.77. The Balaban J connectivity index is 3.02. The molecule has 110 valence electrons. The van der Waals surface area contributed by atoms with Crippen LogP contribution in [0.4, 0.5) is 0 Å². The van der Waals surface area contributed by atoms with Crippen LogP contribution in [0.5, 0.6) is 0 Å². The molecule has 0 radical (unpaired) electrons. The van der Waals surface area contributed by atoms with Crippen LogP contribution in [0.15, 0.2) is 4.90 Å². The minimum Gasteiger partial charge on any atom is -0.314 e. The Morgan fingerprint density at radius 3 is 2.68 bits per heavy atom. The fraction of sp³-hybridized carbons (Fsp3) is 0.727. The molecule has 1 aromatic rings. The van der Waals surface area contributed by atoms with Crippen molar-refractivity contribution in [1.82, 2.24) is 20.2 Å². The van der Waals surface area contributed by atoms with Crippen LogP contribution in [0, 0.1) is 6.92 Å². The van der Waals surface area contributed by atoms with E-state index < -0.39 is 10.0 Å². The Bertz CT molecular complexity index is 499. The number of H-pyrrole nitrogens is 1. The molecule has 0 saturated carbocycles. The summed E-state index contributed by atoms with van der Waals surface area (Å²) in [5, 5.41) is 9.70. The van der Waals surface area contributed by atoms with Gasteiger partial charge in [0, 0.05) is 18.3 Å². The van der Waals surface area contributed by atoms with Gasteiger partial charge in [0.05, 0.1) is 11.4 Å². The number of hydrogen-bond acceptors (Lipinski definition) is 5. The van der Waals surface area contributed by atoms with Crippen molar-refractivity contribution in [3.05, 3.63) is 11.4 Å². The first-order valence-electron chi connectivity index (χ1n) is 6.16. The first kappa shape index (κ1) is 16.5. The second-order valence-corrected chi connectivity index (χ2v) is 6.90. The number of aryl methyl sites for hydroxylation is 1. The summed E-state index contributed by atoms with van der Waals surface area (Å²) in [6, 6.07) is -0.0586. The highest BCUT2D eigenvalue weighted by Crippen LogP contribution is 2.18. The SMILES string of the molecule is CCC(CSC)NS(=O)(=O)c1c(CNC)n[nH]c1C. The number of hydrogen-bond donors (Lipinski definition) is 3. The van der Waals surface area contributed by atoms with Gasteiger partial charge in [-0.15, -0.1) is 0 Å². The van der Waals surface area contributed by atoms with Gasteiger partial charge >= 0.3 is 0 Å². The number of sulfonamides is 1. The van der Waals surface area contributed by atoms with Gasteiger partial charge in [-0.25, -0.2) is 13.1 Å². The molecule has 1 rings (SSSR count). The number of thioether (sulfide) groups is 1. The average molecular weight is 306 g/mol. The smallest absolute Gasteiger partial charge is 0.244 e. The van der Waals surface area contributed by atoms with Gasteiger partial charge in [0.2, 0.25) is 10.0 Å². The molecule has 6 nitrogen and oxygen atoms in total. The zero-order chi connectivity index (χ0) is 14.5. The lowest BCUT2D eigenvalue weighted by Gasteiger charge is -2.16. The Kier molecular flexibility index (Phi) is 6.31. The normalized spacial score (nSPS) is 13.7. The number of aromatic nitrogens is 2. The third-order valence-electron chi connectivity index (χ3n) is 2.76. The Hall–Kier alpha value is -0.570. The predicted octanol–water partition coefficient (Wildman–Crippen LogP) is 0.857. The molecule has 1 aromatic heterocycles. The molecule has 0 aliphatic carbocycles. The number of rotatable bonds is 8. The predicted molar refractivity (Wildman–Crippen MR) is 78.9 cm³/mol.